The Kier molecular flexibility index (Phi) is 19.5. The second-order valence-electron chi connectivity index (χ2n) is 13.0. The highest BCUT2D eigenvalue weighted by Crippen LogP contribution is 2.26. The van der Waals surface area contributed by atoms with Gasteiger partial charge in [0.05, 0.1) is 26.2 Å². The standard InChI is InChI=1S/C34H69N2/c1-3-5-7-9-11-13-15-17-19-21-25-34(24-20-18-16-14-12-10-8-6-4-2)26-22-23-30-36-31-27-35(28-32-36)29-33-36/h34H,3-33H2,1-2H3/q+1. The third kappa shape index (κ3) is 15.4. The Morgan fingerprint density at radius 1 is 0.444 bits per heavy atom. The Labute approximate surface area is 229 Å². The number of piperazine rings is 3. The zero-order valence-electron chi connectivity index (χ0n) is 25.4. The molecule has 214 valence electrons. The molecule has 0 saturated carbocycles. The maximum Gasteiger partial charge on any atom is 0.0916 e. The number of hydrogen-bond acceptors (Lipinski definition) is 1. The number of unbranched alkanes of at least 4 members (excludes halogenated alkanes) is 18. The van der Waals surface area contributed by atoms with Gasteiger partial charge in [0.1, 0.15) is 0 Å². The van der Waals surface area contributed by atoms with E-state index in [9.17, 15) is 0 Å². The van der Waals surface area contributed by atoms with E-state index < -0.39 is 0 Å². The van der Waals surface area contributed by atoms with Crippen LogP contribution in [-0.4, -0.2) is 55.2 Å². The average molecular weight is 506 g/mol. The van der Waals surface area contributed by atoms with E-state index in [1.165, 1.54) is 204 Å². The van der Waals surface area contributed by atoms with Crippen LogP contribution in [0.1, 0.15) is 168 Å². The summed E-state index contributed by atoms with van der Waals surface area (Å²) < 4.78 is 1.47. The van der Waals surface area contributed by atoms with E-state index in [4.69, 9.17) is 0 Å². The number of nitrogens with zero attached hydrogens (tertiary/aromatic N) is 2. The molecule has 3 aliphatic rings. The van der Waals surface area contributed by atoms with Crippen molar-refractivity contribution in [1.82, 2.24) is 4.90 Å². The van der Waals surface area contributed by atoms with Gasteiger partial charge < -0.3 is 4.48 Å². The van der Waals surface area contributed by atoms with Crippen LogP contribution in [0.5, 0.6) is 0 Å². The minimum atomic E-state index is 1.03. The summed E-state index contributed by atoms with van der Waals surface area (Å²) in [6.45, 7) is 14.6. The molecule has 0 aromatic heterocycles. The topological polar surface area (TPSA) is 3.24 Å². The van der Waals surface area contributed by atoms with Crippen molar-refractivity contribution in [2.45, 2.75) is 168 Å². The molecule has 2 nitrogen and oxygen atoms in total. The lowest BCUT2D eigenvalue weighted by molar-refractivity contribution is -0.941. The van der Waals surface area contributed by atoms with Crippen LogP contribution in [0.25, 0.3) is 0 Å². The van der Waals surface area contributed by atoms with Crippen molar-refractivity contribution in [1.29, 1.82) is 0 Å². The van der Waals surface area contributed by atoms with Crippen LogP contribution in [0, 0.1) is 5.92 Å². The molecule has 0 aliphatic carbocycles. The second-order valence-corrected chi connectivity index (χ2v) is 13.0. The van der Waals surface area contributed by atoms with Crippen molar-refractivity contribution in [2.24, 2.45) is 5.92 Å². The summed E-state index contributed by atoms with van der Waals surface area (Å²) in [5.74, 6) is 1.03. The average Bonchev–Trinajstić information content (AvgIpc) is 2.91. The van der Waals surface area contributed by atoms with Gasteiger partial charge in [0.2, 0.25) is 0 Å². The van der Waals surface area contributed by atoms with E-state index in [2.05, 4.69) is 18.7 Å². The molecule has 1 atom stereocenters. The number of hydrogen-bond donors (Lipinski definition) is 0. The maximum atomic E-state index is 2.69. The molecule has 2 bridgehead atoms. The summed E-state index contributed by atoms with van der Waals surface area (Å²) in [5, 5.41) is 0. The fraction of sp³-hybridized carbons (Fsp3) is 1.00. The summed E-state index contributed by atoms with van der Waals surface area (Å²) in [6.07, 6.45) is 35.6. The molecule has 1 unspecified atom stereocenters. The van der Waals surface area contributed by atoms with Crippen molar-refractivity contribution in [3.05, 3.63) is 0 Å². The van der Waals surface area contributed by atoms with Crippen LogP contribution in [0.2, 0.25) is 0 Å². The third-order valence-electron chi connectivity index (χ3n) is 9.85. The highest BCUT2D eigenvalue weighted by Gasteiger charge is 2.37. The quantitative estimate of drug-likeness (QED) is 0.0834. The molecule has 0 aromatic rings. The predicted molar refractivity (Wildman–Crippen MR) is 162 cm³/mol. The van der Waals surface area contributed by atoms with Crippen LogP contribution in [-0.2, 0) is 0 Å². The number of quaternary nitrogens is 1. The van der Waals surface area contributed by atoms with Gasteiger partial charge >= 0.3 is 0 Å². The molecule has 36 heavy (non-hydrogen) atoms. The predicted octanol–water partition coefficient (Wildman–Crippen LogP) is 10.2. The summed E-state index contributed by atoms with van der Waals surface area (Å²) >= 11 is 0. The number of rotatable bonds is 26. The van der Waals surface area contributed by atoms with Crippen molar-refractivity contribution in [3.8, 4) is 0 Å². The molecule has 0 amide bonds. The first kappa shape index (κ1) is 32.1. The molecule has 3 fully saturated rings. The highest BCUT2D eigenvalue weighted by molar-refractivity contribution is 4.71. The largest absolute Gasteiger partial charge is 0.320 e. The third-order valence-corrected chi connectivity index (χ3v) is 9.85. The fourth-order valence-corrected chi connectivity index (χ4v) is 7.04. The SMILES string of the molecule is CCCCCCCCCCCCC(CCCCCCCCCCC)CCCC[N+]12CCN(CC1)CC2. The van der Waals surface area contributed by atoms with E-state index in [-0.39, 0.29) is 0 Å². The van der Waals surface area contributed by atoms with Gasteiger partial charge in [-0.15, -0.1) is 0 Å². The van der Waals surface area contributed by atoms with E-state index in [0.717, 1.165) is 5.92 Å². The first-order chi connectivity index (χ1) is 17.8. The van der Waals surface area contributed by atoms with Crippen LogP contribution in [0.3, 0.4) is 0 Å². The van der Waals surface area contributed by atoms with E-state index in [1.54, 1.807) is 0 Å². The first-order valence-corrected chi connectivity index (χ1v) is 17.4. The van der Waals surface area contributed by atoms with Gasteiger partial charge in [-0.2, -0.15) is 0 Å². The van der Waals surface area contributed by atoms with E-state index >= 15 is 0 Å². The molecule has 3 saturated heterocycles. The van der Waals surface area contributed by atoms with Gasteiger partial charge in [0.15, 0.2) is 0 Å². The summed E-state index contributed by atoms with van der Waals surface area (Å²) in [6, 6.07) is 0. The van der Waals surface area contributed by atoms with Crippen LogP contribution < -0.4 is 0 Å². The van der Waals surface area contributed by atoms with Crippen molar-refractivity contribution >= 4 is 0 Å². The summed E-state index contributed by atoms with van der Waals surface area (Å²) in [5.41, 5.74) is 0. The van der Waals surface area contributed by atoms with Crippen molar-refractivity contribution in [2.75, 3.05) is 45.8 Å². The summed E-state index contributed by atoms with van der Waals surface area (Å²) in [4.78, 5) is 2.69. The molecule has 0 aromatic carbocycles. The number of fused-ring (bicyclic) bond motifs is 3. The van der Waals surface area contributed by atoms with Crippen molar-refractivity contribution < 1.29 is 4.48 Å². The Morgan fingerprint density at radius 2 is 0.778 bits per heavy atom. The second kappa shape index (κ2) is 21.8. The fourth-order valence-electron chi connectivity index (χ4n) is 7.04. The van der Waals surface area contributed by atoms with Crippen molar-refractivity contribution in [3.63, 3.8) is 0 Å². The molecular weight excluding hydrogens is 436 g/mol. The lowest BCUT2D eigenvalue weighted by Gasteiger charge is -2.50. The molecule has 0 N–H and O–H groups in total. The van der Waals surface area contributed by atoms with Gasteiger partial charge in [0, 0.05) is 19.6 Å². The molecular formula is C34H69N2+. The first-order valence-electron chi connectivity index (χ1n) is 17.4. The molecule has 0 radical (unpaired) electrons. The lowest BCUT2D eigenvalue weighted by atomic mass is 9.89. The smallest absolute Gasteiger partial charge is 0.0916 e. The Bertz CT molecular complexity index is 454. The molecule has 3 heterocycles. The Balaban J connectivity index is 1.54. The highest BCUT2D eigenvalue weighted by atomic mass is 15.4. The van der Waals surface area contributed by atoms with Gasteiger partial charge in [-0.05, 0) is 18.8 Å². The minimum Gasteiger partial charge on any atom is -0.320 e. The maximum absolute atomic E-state index is 2.69. The van der Waals surface area contributed by atoms with Gasteiger partial charge in [-0.25, -0.2) is 0 Å². The van der Waals surface area contributed by atoms with Gasteiger partial charge in [-0.3, -0.25) is 4.90 Å². The van der Waals surface area contributed by atoms with E-state index in [1.807, 2.05) is 0 Å². The van der Waals surface area contributed by atoms with Gasteiger partial charge in [-0.1, -0.05) is 155 Å². The monoisotopic (exact) mass is 506 g/mol. The zero-order chi connectivity index (χ0) is 25.6. The van der Waals surface area contributed by atoms with E-state index in [0.29, 0.717) is 0 Å². The van der Waals surface area contributed by atoms with Gasteiger partial charge in [0.25, 0.3) is 0 Å². The molecule has 2 heteroatoms. The minimum absolute atomic E-state index is 1.03. The lowest BCUT2D eigenvalue weighted by Crippen LogP contribution is -2.67. The Morgan fingerprint density at radius 3 is 1.17 bits per heavy atom. The Hall–Kier alpha value is -0.0800. The molecule has 3 aliphatic heterocycles. The summed E-state index contributed by atoms with van der Waals surface area (Å²) in [7, 11) is 0. The zero-order valence-corrected chi connectivity index (χ0v) is 25.4. The van der Waals surface area contributed by atoms with Crippen LogP contribution in [0.15, 0.2) is 0 Å². The molecule has 0 spiro atoms. The normalized spacial score (nSPS) is 22.3. The van der Waals surface area contributed by atoms with Crippen LogP contribution >= 0.6 is 0 Å². The van der Waals surface area contributed by atoms with Crippen LogP contribution in [0.4, 0.5) is 0 Å². The molecule has 3 rings (SSSR count).